The van der Waals surface area contributed by atoms with Gasteiger partial charge < -0.3 is 20.3 Å². The summed E-state index contributed by atoms with van der Waals surface area (Å²) in [7, 11) is 0. The average molecular weight is 387 g/mol. The summed E-state index contributed by atoms with van der Waals surface area (Å²) in [6.07, 6.45) is 4.59. The number of esters is 3. The van der Waals surface area contributed by atoms with Gasteiger partial charge in [0.15, 0.2) is 5.90 Å². The second-order valence-corrected chi connectivity index (χ2v) is 5.21. The van der Waals surface area contributed by atoms with Crippen LogP contribution in [0.4, 0.5) is 11.4 Å². The molecular weight excluding hydrogens is 370 g/mol. The van der Waals surface area contributed by atoms with Crippen molar-refractivity contribution in [3.63, 3.8) is 0 Å². The third-order valence-electron chi connectivity index (χ3n) is 3.37. The summed E-state index contributed by atoms with van der Waals surface area (Å²) in [5.74, 6) is 7.32. The Kier molecular flexibility index (Phi) is 7.07. The number of aromatic nitrogens is 2. The van der Waals surface area contributed by atoms with Crippen molar-refractivity contribution in [1.82, 2.24) is 9.97 Å². The minimum atomic E-state index is -0.955. The molecule has 2 heterocycles. The smallest absolute Gasteiger partial charge is 0.349 e. The van der Waals surface area contributed by atoms with Crippen LogP contribution in [0.15, 0.2) is 36.9 Å². The van der Waals surface area contributed by atoms with Gasteiger partial charge in [0.1, 0.15) is 11.1 Å². The number of hydrazine groups is 2. The predicted octanol–water partition coefficient (Wildman–Crippen LogP) is 0.346. The molecule has 0 saturated carbocycles. The Bertz CT molecular complexity index is 829. The van der Waals surface area contributed by atoms with Gasteiger partial charge in [-0.3, -0.25) is 31.9 Å². The van der Waals surface area contributed by atoms with Gasteiger partial charge in [-0.2, -0.15) is 0 Å². The van der Waals surface area contributed by atoms with E-state index in [1.165, 1.54) is 36.9 Å². The number of nitrogen functional groups attached to an aromatic ring is 2. The van der Waals surface area contributed by atoms with E-state index in [0.29, 0.717) is 0 Å². The monoisotopic (exact) mass is 387 g/mol. The number of carbonyl (C=O) groups excluding carboxylic acids is 3. The van der Waals surface area contributed by atoms with Crippen LogP contribution in [0.2, 0.25) is 0 Å². The Balaban J connectivity index is 1.86. The number of hydrogen-bond donors (Lipinski definition) is 5. The third-order valence-corrected chi connectivity index (χ3v) is 3.37. The number of rotatable bonds is 7. The second kappa shape index (κ2) is 9.70. The molecule has 0 aliphatic carbocycles. The first kappa shape index (κ1) is 20.4. The molecule has 0 bridgehead atoms. The molecule has 12 heteroatoms. The van der Waals surface area contributed by atoms with Crippen molar-refractivity contribution < 1.29 is 23.9 Å². The van der Waals surface area contributed by atoms with Gasteiger partial charge >= 0.3 is 17.9 Å². The minimum absolute atomic E-state index is 0.0193. The van der Waals surface area contributed by atoms with E-state index < -0.39 is 23.8 Å². The fourth-order valence-corrected chi connectivity index (χ4v) is 2.01. The van der Waals surface area contributed by atoms with Crippen LogP contribution in [-0.4, -0.2) is 33.8 Å². The summed E-state index contributed by atoms with van der Waals surface area (Å²) >= 11 is 0. The maximum absolute atomic E-state index is 12.0. The molecule has 0 aliphatic rings. The topological polar surface area (TPSA) is 195 Å². The van der Waals surface area contributed by atoms with Gasteiger partial charge in [-0.15, -0.1) is 0 Å². The van der Waals surface area contributed by atoms with Gasteiger partial charge in [-0.1, -0.05) is 0 Å². The molecule has 0 aromatic carbocycles. The van der Waals surface area contributed by atoms with E-state index in [9.17, 15) is 14.4 Å². The molecule has 146 valence electrons. The molecule has 2 aromatic rings. The predicted molar refractivity (Wildman–Crippen MR) is 96.9 cm³/mol. The Morgan fingerprint density at radius 1 is 0.893 bits per heavy atom. The fourth-order valence-electron chi connectivity index (χ4n) is 2.01. The molecule has 0 amide bonds. The van der Waals surface area contributed by atoms with Crippen molar-refractivity contribution in [2.24, 2.45) is 11.7 Å². The first-order valence-corrected chi connectivity index (χ1v) is 7.82. The van der Waals surface area contributed by atoms with Crippen molar-refractivity contribution in [3.05, 3.63) is 48.0 Å². The van der Waals surface area contributed by atoms with E-state index in [1.807, 2.05) is 0 Å². The van der Waals surface area contributed by atoms with Gasteiger partial charge in [0.25, 0.3) is 0 Å². The summed E-state index contributed by atoms with van der Waals surface area (Å²) in [6.45, 7) is 0. The van der Waals surface area contributed by atoms with Crippen molar-refractivity contribution in [2.45, 2.75) is 12.8 Å². The lowest BCUT2D eigenvalue weighted by molar-refractivity contribution is -0.137. The first-order chi connectivity index (χ1) is 13.5. The number of pyridine rings is 2. The van der Waals surface area contributed by atoms with Gasteiger partial charge in [0.05, 0.1) is 17.8 Å². The summed E-state index contributed by atoms with van der Waals surface area (Å²) in [5, 5.41) is 7.66. The third kappa shape index (κ3) is 5.30. The van der Waals surface area contributed by atoms with E-state index >= 15 is 0 Å². The first-order valence-electron chi connectivity index (χ1n) is 7.82. The lowest BCUT2D eigenvalue weighted by atomic mass is 10.2. The Morgan fingerprint density at radius 3 is 1.89 bits per heavy atom. The molecule has 0 saturated heterocycles. The SMILES string of the molecule is N=C(CCC(=O)OC(=O)c1cnccc1NN)OC(=O)c1cnccc1NN. The van der Waals surface area contributed by atoms with Crippen LogP contribution in [0.1, 0.15) is 33.6 Å². The van der Waals surface area contributed by atoms with E-state index in [-0.39, 0.29) is 35.3 Å². The number of ether oxygens (including phenoxy) is 2. The molecule has 0 spiro atoms. The Morgan fingerprint density at radius 2 is 1.39 bits per heavy atom. The summed E-state index contributed by atoms with van der Waals surface area (Å²) in [4.78, 5) is 43.3. The standard InChI is InChI=1S/C16H17N7O5/c17-13(27-15(25)9-7-20-5-3-11(9)22-18)1-2-14(24)28-16(26)10-8-21-6-4-12(10)23-19/h3-8,17H,1-2,18-19H2,(H,20,22)(H,21,23). The highest BCUT2D eigenvalue weighted by Gasteiger charge is 2.19. The number of anilines is 2. The van der Waals surface area contributed by atoms with Crippen LogP contribution in [-0.2, 0) is 14.3 Å². The van der Waals surface area contributed by atoms with Crippen molar-refractivity contribution in [3.8, 4) is 0 Å². The molecule has 0 atom stereocenters. The van der Waals surface area contributed by atoms with Crippen LogP contribution in [0, 0.1) is 5.41 Å². The van der Waals surface area contributed by atoms with Crippen LogP contribution in [0.3, 0.4) is 0 Å². The number of nitrogens with two attached hydrogens (primary N) is 2. The average Bonchev–Trinajstić information content (AvgIpc) is 2.72. The number of hydrogen-bond acceptors (Lipinski definition) is 12. The quantitative estimate of drug-likeness (QED) is 0.110. The summed E-state index contributed by atoms with van der Waals surface area (Å²) < 4.78 is 9.50. The minimum Gasteiger partial charge on any atom is -0.408 e. The van der Waals surface area contributed by atoms with Gasteiger partial charge in [0, 0.05) is 31.2 Å². The molecule has 7 N–H and O–H groups in total. The molecule has 2 aromatic heterocycles. The molecule has 2 rings (SSSR count). The van der Waals surface area contributed by atoms with Crippen LogP contribution < -0.4 is 22.5 Å². The van der Waals surface area contributed by atoms with Crippen LogP contribution in [0.25, 0.3) is 0 Å². The second-order valence-electron chi connectivity index (χ2n) is 5.21. The molecule has 0 unspecified atom stereocenters. The van der Waals surface area contributed by atoms with Crippen LogP contribution >= 0.6 is 0 Å². The highest BCUT2D eigenvalue weighted by Crippen LogP contribution is 2.15. The highest BCUT2D eigenvalue weighted by molar-refractivity contribution is 6.03. The maximum Gasteiger partial charge on any atom is 0.349 e. The van der Waals surface area contributed by atoms with Crippen molar-refractivity contribution >= 4 is 35.2 Å². The largest absolute Gasteiger partial charge is 0.408 e. The number of nitrogens with one attached hydrogen (secondary N) is 3. The van der Waals surface area contributed by atoms with E-state index in [1.54, 1.807) is 0 Å². The molecular formula is C16H17N7O5. The number of nitrogens with zero attached hydrogens (tertiary/aromatic N) is 2. The van der Waals surface area contributed by atoms with E-state index in [4.69, 9.17) is 21.8 Å². The molecule has 12 nitrogen and oxygen atoms in total. The summed E-state index contributed by atoms with van der Waals surface area (Å²) in [5.41, 5.74) is 5.07. The van der Waals surface area contributed by atoms with Crippen molar-refractivity contribution in [1.29, 1.82) is 5.41 Å². The van der Waals surface area contributed by atoms with Gasteiger partial charge in [0.2, 0.25) is 0 Å². The zero-order valence-electron chi connectivity index (χ0n) is 14.5. The lowest BCUT2D eigenvalue weighted by Crippen LogP contribution is -2.19. The van der Waals surface area contributed by atoms with E-state index in [0.717, 1.165) is 0 Å². The molecule has 0 aliphatic heterocycles. The Hall–Kier alpha value is -3.90. The zero-order chi connectivity index (χ0) is 20.5. The zero-order valence-corrected chi connectivity index (χ0v) is 14.5. The molecule has 28 heavy (non-hydrogen) atoms. The van der Waals surface area contributed by atoms with Gasteiger partial charge in [-0.05, 0) is 12.1 Å². The van der Waals surface area contributed by atoms with Gasteiger partial charge in [-0.25, -0.2) is 9.59 Å². The number of carbonyl (C=O) groups is 3. The highest BCUT2D eigenvalue weighted by atomic mass is 16.6. The Labute approximate surface area is 158 Å². The maximum atomic E-state index is 12.0. The van der Waals surface area contributed by atoms with Crippen LogP contribution in [0.5, 0.6) is 0 Å². The fraction of sp³-hybridized carbons (Fsp3) is 0.125. The summed E-state index contributed by atoms with van der Waals surface area (Å²) in [6, 6.07) is 2.88. The van der Waals surface area contributed by atoms with Crippen molar-refractivity contribution in [2.75, 3.05) is 10.9 Å². The lowest BCUT2D eigenvalue weighted by Gasteiger charge is -2.09. The van der Waals surface area contributed by atoms with E-state index in [2.05, 4.69) is 25.6 Å². The molecule has 0 radical (unpaired) electrons. The normalized spacial score (nSPS) is 9.93. The molecule has 0 fully saturated rings.